The van der Waals surface area contributed by atoms with Crippen molar-refractivity contribution in [2.24, 2.45) is 0 Å². The van der Waals surface area contributed by atoms with Gasteiger partial charge < -0.3 is 18.5 Å². The van der Waals surface area contributed by atoms with Crippen molar-refractivity contribution in [2.45, 2.75) is 90.2 Å². The summed E-state index contributed by atoms with van der Waals surface area (Å²) >= 11 is 0. The molecule has 1 fully saturated rings. The van der Waals surface area contributed by atoms with Gasteiger partial charge in [0.05, 0.1) is 24.1 Å². The molecule has 26 heavy (non-hydrogen) atoms. The van der Waals surface area contributed by atoms with E-state index in [9.17, 15) is 4.79 Å². The summed E-state index contributed by atoms with van der Waals surface area (Å²) in [4.78, 5) is 11.8. The molecule has 1 aromatic rings. The van der Waals surface area contributed by atoms with Gasteiger partial charge in [0.2, 0.25) is 5.76 Å². The van der Waals surface area contributed by atoms with Crippen LogP contribution in [0.1, 0.15) is 83.7 Å². The summed E-state index contributed by atoms with van der Waals surface area (Å²) in [5.74, 6) is 0.147. The minimum absolute atomic E-state index is 0.197. The smallest absolute Gasteiger partial charge is 0.460 e. The Balaban J connectivity index is 1.84. The van der Waals surface area contributed by atoms with Crippen molar-refractivity contribution in [3.05, 3.63) is 24.2 Å². The van der Waals surface area contributed by atoms with E-state index in [1.54, 1.807) is 12.1 Å². The SMILES string of the molecule is CCCCC[C@H](CCCOC(=O)c1ccco1)B1OC(C)(C)C(C)(C)O1. The molecule has 1 aliphatic heterocycles. The largest absolute Gasteiger partial charge is 0.461 e. The number of furan rings is 1. The van der Waals surface area contributed by atoms with Gasteiger partial charge in [0.25, 0.3) is 0 Å². The van der Waals surface area contributed by atoms with Crippen LogP contribution in [-0.4, -0.2) is 30.9 Å². The summed E-state index contributed by atoms with van der Waals surface area (Å²) in [7, 11) is -0.197. The summed E-state index contributed by atoms with van der Waals surface area (Å²) in [6, 6.07) is 3.29. The number of unbranched alkanes of at least 4 members (excludes halogenated alkanes) is 2. The Hall–Kier alpha value is -1.27. The Kier molecular flexibility index (Phi) is 7.36. The van der Waals surface area contributed by atoms with Crippen LogP contribution in [0.4, 0.5) is 0 Å². The van der Waals surface area contributed by atoms with E-state index < -0.39 is 5.97 Å². The maximum atomic E-state index is 11.8. The van der Waals surface area contributed by atoms with Gasteiger partial charge >= 0.3 is 13.1 Å². The first-order valence-corrected chi connectivity index (χ1v) is 9.83. The second-order valence-corrected chi connectivity index (χ2v) is 8.14. The van der Waals surface area contributed by atoms with Crippen molar-refractivity contribution >= 4 is 13.1 Å². The van der Waals surface area contributed by atoms with Gasteiger partial charge in [-0.25, -0.2) is 4.79 Å². The van der Waals surface area contributed by atoms with Gasteiger partial charge in [-0.3, -0.25) is 0 Å². The number of rotatable bonds is 10. The van der Waals surface area contributed by atoms with E-state index in [0.717, 1.165) is 25.7 Å². The molecule has 0 bridgehead atoms. The second kappa shape index (κ2) is 9.09. The normalized spacial score (nSPS) is 19.5. The molecule has 1 saturated heterocycles. The number of hydrogen-bond acceptors (Lipinski definition) is 5. The van der Waals surface area contributed by atoms with Gasteiger partial charge in [-0.1, -0.05) is 32.6 Å². The molecule has 0 aliphatic carbocycles. The summed E-state index contributed by atoms with van der Waals surface area (Å²) in [6.45, 7) is 10.9. The lowest BCUT2D eigenvalue weighted by molar-refractivity contribution is 0.00578. The first-order chi connectivity index (χ1) is 12.3. The van der Waals surface area contributed by atoms with Crippen LogP contribution >= 0.6 is 0 Å². The van der Waals surface area contributed by atoms with E-state index in [1.165, 1.54) is 19.1 Å². The van der Waals surface area contributed by atoms with Gasteiger partial charge in [-0.15, -0.1) is 0 Å². The minimum Gasteiger partial charge on any atom is -0.460 e. The van der Waals surface area contributed by atoms with Gasteiger partial charge in [0.1, 0.15) is 0 Å². The zero-order chi connectivity index (χ0) is 19.2. The monoisotopic (exact) mass is 364 g/mol. The Morgan fingerprint density at radius 3 is 2.35 bits per heavy atom. The quantitative estimate of drug-likeness (QED) is 0.322. The zero-order valence-electron chi connectivity index (χ0n) is 16.9. The molecule has 0 radical (unpaired) electrons. The topological polar surface area (TPSA) is 57.9 Å². The third-order valence-corrected chi connectivity index (χ3v) is 5.51. The fourth-order valence-corrected chi connectivity index (χ4v) is 3.13. The Morgan fingerprint density at radius 1 is 1.12 bits per heavy atom. The summed E-state index contributed by atoms with van der Waals surface area (Å²) in [6.07, 6.45) is 7.80. The number of esters is 1. The summed E-state index contributed by atoms with van der Waals surface area (Å²) in [5.41, 5.74) is -0.626. The lowest BCUT2D eigenvalue weighted by atomic mass is 9.67. The van der Waals surface area contributed by atoms with Crippen LogP contribution in [-0.2, 0) is 14.0 Å². The highest BCUT2D eigenvalue weighted by molar-refractivity contribution is 6.47. The van der Waals surface area contributed by atoms with Crippen molar-refractivity contribution in [3.8, 4) is 0 Å². The second-order valence-electron chi connectivity index (χ2n) is 8.14. The van der Waals surface area contributed by atoms with Crippen molar-refractivity contribution < 1.29 is 23.3 Å². The first kappa shape index (κ1) is 21.0. The highest BCUT2D eigenvalue weighted by Gasteiger charge is 2.53. The molecule has 0 N–H and O–H groups in total. The number of ether oxygens (including phenoxy) is 1. The molecule has 0 amide bonds. The van der Waals surface area contributed by atoms with Crippen molar-refractivity contribution in [3.63, 3.8) is 0 Å². The highest BCUT2D eigenvalue weighted by Crippen LogP contribution is 2.42. The van der Waals surface area contributed by atoms with Gasteiger partial charge in [0, 0.05) is 0 Å². The van der Waals surface area contributed by atoms with Crippen molar-refractivity contribution in [1.29, 1.82) is 0 Å². The lowest BCUT2D eigenvalue weighted by Crippen LogP contribution is -2.41. The van der Waals surface area contributed by atoms with Gasteiger partial charge in [0.15, 0.2) is 0 Å². The maximum absolute atomic E-state index is 11.8. The predicted molar refractivity (Wildman–Crippen MR) is 102 cm³/mol. The summed E-state index contributed by atoms with van der Waals surface area (Å²) < 4.78 is 22.8. The minimum atomic E-state index is -0.409. The average molecular weight is 364 g/mol. The molecule has 0 unspecified atom stereocenters. The number of hydrogen-bond donors (Lipinski definition) is 0. The molecule has 0 spiro atoms. The van der Waals surface area contributed by atoms with E-state index in [1.807, 2.05) is 0 Å². The highest BCUT2D eigenvalue weighted by atomic mass is 16.7. The van der Waals surface area contributed by atoms with E-state index in [4.69, 9.17) is 18.5 Å². The zero-order valence-corrected chi connectivity index (χ0v) is 16.9. The molecule has 146 valence electrons. The lowest BCUT2D eigenvalue weighted by Gasteiger charge is -2.32. The third-order valence-electron chi connectivity index (χ3n) is 5.51. The molecule has 0 aromatic carbocycles. The van der Waals surface area contributed by atoms with E-state index in [2.05, 4.69) is 34.6 Å². The molecule has 0 saturated carbocycles. The van der Waals surface area contributed by atoms with E-state index in [0.29, 0.717) is 12.4 Å². The molecular weight excluding hydrogens is 331 g/mol. The Morgan fingerprint density at radius 2 is 1.77 bits per heavy atom. The average Bonchev–Trinajstić information content (AvgIpc) is 3.16. The van der Waals surface area contributed by atoms with Crippen LogP contribution in [0.3, 0.4) is 0 Å². The maximum Gasteiger partial charge on any atom is 0.461 e. The van der Waals surface area contributed by atoms with Crippen molar-refractivity contribution in [1.82, 2.24) is 0 Å². The fraction of sp³-hybridized carbons (Fsp3) is 0.750. The van der Waals surface area contributed by atoms with Crippen LogP contribution in [0, 0.1) is 0 Å². The fourth-order valence-electron chi connectivity index (χ4n) is 3.13. The molecule has 1 aromatic heterocycles. The molecule has 2 heterocycles. The third kappa shape index (κ3) is 5.37. The van der Waals surface area contributed by atoms with E-state index >= 15 is 0 Å². The Labute approximate surface area is 157 Å². The van der Waals surface area contributed by atoms with Crippen molar-refractivity contribution in [2.75, 3.05) is 6.61 Å². The Bertz CT molecular complexity index is 537. The molecule has 2 rings (SSSR count). The molecule has 1 aliphatic rings. The molecule has 6 heteroatoms. The first-order valence-electron chi connectivity index (χ1n) is 9.83. The predicted octanol–water partition coefficient (Wildman–Crippen LogP) is 5.26. The molecule has 1 atom stereocenters. The van der Waals surface area contributed by atoms with Gasteiger partial charge in [-0.2, -0.15) is 0 Å². The summed E-state index contributed by atoms with van der Waals surface area (Å²) in [5, 5.41) is 0. The standard InChI is InChI=1S/C20H33BO5/c1-6-7-8-11-16(21-25-19(2,3)20(4,5)26-21)12-9-15-24-18(22)17-13-10-14-23-17/h10,13-14,16H,6-9,11-12,15H2,1-5H3/t16-/m1/s1. The molecular formula is C20H33BO5. The van der Waals surface area contributed by atoms with Crippen LogP contribution in [0.2, 0.25) is 5.82 Å². The van der Waals surface area contributed by atoms with Gasteiger partial charge in [-0.05, 0) is 58.5 Å². The number of carbonyl (C=O) groups excluding carboxylic acids is 1. The number of carbonyl (C=O) groups is 1. The van der Waals surface area contributed by atoms with Crippen LogP contribution in [0.15, 0.2) is 22.8 Å². The van der Waals surface area contributed by atoms with E-state index in [-0.39, 0.29) is 24.1 Å². The van der Waals surface area contributed by atoms with Crippen LogP contribution in [0.25, 0.3) is 0 Å². The van der Waals surface area contributed by atoms with Crippen LogP contribution < -0.4 is 0 Å². The van der Waals surface area contributed by atoms with Crippen LogP contribution in [0.5, 0.6) is 0 Å². The molecule has 5 nitrogen and oxygen atoms in total.